The maximum Gasteiger partial charge on any atom is 0.166 e. The smallest absolute Gasteiger partial charge is 0.166 e. The molecule has 3 rings (SSSR count). The van der Waals surface area contributed by atoms with Crippen LogP contribution in [0.5, 0.6) is 0 Å². The average Bonchev–Trinajstić information content (AvgIpc) is 2.46. The molecule has 0 saturated carbocycles. The molecule has 2 atom stereocenters. The van der Waals surface area contributed by atoms with Crippen LogP contribution in [0.2, 0.25) is 0 Å². The van der Waals surface area contributed by atoms with Crippen LogP contribution in [-0.2, 0) is 6.42 Å². The molecule has 0 spiro atoms. The number of hydrogen-bond acceptors (Lipinski definition) is 2. The second-order valence-corrected chi connectivity index (χ2v) is 7.50. The molecule has 19 heavy (non-hydrogen) atoms. The van der Waals surface area contributed by atoms with Gasteiger partial charge in [0.2, 0.25) is 0 Å². The van der Waals surface area contributed by atoms with Gasteiger partial charge >= 0.3 is 0 Å². The molecule has 0 aromatic heterocycles. The molecule has 2 heterocycles. The molecule has 0 radical (unpaired) electrons. The van der Waals surface area contributed by atoms with Gasteiger partial charge in [0.1, 0.15) is 0 Å². The average molecular weight is 274 g/mol. The molecule has 102 valence electrons. The van der Waals surface area contributed by atoms with Crippen LogP contribution in [0.3, 0.4) is 0 Å². The second kappa shape index (κ2) is 5.70. The zero-order valence-electron chi connectivity index (χ0n) is 11.6. The Morgan fingerprint density at radius 2 is 1.79 bits per heavy atom. The van der Waals surface area contributed by atoms with E-state index in [1.165, 1.54) is 24.8 Å². The van der Waals surface area contributed by atoms with Gasteiger partial charge in [-0.2, -0.15) is 11.8 Å². The summed E-state index contributed by atoms with van der Waals surface area (Å²) in [4.78, 5) is 12.6. The van der Waals surface area contributed by atoms with Crippen LogP contribution in [0.1, 0.15) is 54.9 Å². The van der Waals surface area contributed by atoms with Gasteiger partial charge < -0.3 is 0 Å². The zero-order chi connectivity index (χ0) is 13.2. The van der Waals surface area contributed by atoms with Crippen molar-refractivity contribution in [3.63, 3.8) is 0 Å². The van der Waals surface area contributed by atoms with Crippen molar-refractivity contribution in [3.8, 4) is 0 Å². The second-order valence-electron chi connectivity index (χ2n) is 5.89. The maximum atomic E-state index is 12.6. The Morgan fingerprint density at radius 3 is 2.37 bits per heavy atom. The van der Waals surface area contributed by atoms with Crippen molar-refractivity contribution in [2.24, 2.45) is 5.92 Å². The van der Waals surface area contributed by atoms with E-state index in [1.807, 2.05) is 12.1 Å². The minimum atomic E-state index is 0.282. The molecule has 0 aliphatic carbocycles. The monoisotopic (exact) mass is 274 g/mol. The first-order valence-corrected chi connectivity index (χ1v) is 8.49. The molecule has 1 nitrogen and oxygen atoms in total. The minimum absolute atomic E-state index is 0.282. The van der Waals surface area contributed by atoms with E-state index in [-0.39, 0.29) is 5.92 Å². The fraction of sp³-hybridized carbons (Fsp3) is 0.588. The Labute approximate surface area is 120 Å². The topological polar surface area (TPSA) is 17.1 Å². The first-order valence-electron chi connectivity index (χ1n) is 7.55. The third kappa shape index (κ3) is 2.89. The Kier molecular flexibility index (Phi) is 3.97. The number of Topliss-reactive ketones (excluding diaryl/α,β-unsaturated/α-hetero) is 1. The highest BCUT2D eigenvalue weighted by Crippen LogP contribution is 2.44. The summed E-state index contributed by atoms with van der Waals surface area (Å²) in [6, 6.07) is 8.26. The molecule has 2 unspecified atom stereocenters. The van der Waals surface area contributed by atoms with E-state index in [9.17, 15) is 4.79 Å². The van der Waals surface area contributed by atoms with Crippen molar-refractivity contribution in [2.75, 3.05) is 0 Å². The number of aryl methyl sites for hydroxylation is 1. The van der Waals surface area contributed by atoms with E-state index >= 15 is 0 Å². The summed E-state index contributed by atoms with van der Waals surface area (Å²) in [6.07, 6.45) is 7.26. The Morgan fingerprint density at radius 1 is 1.16 bits per heavy atom. The number of carbonyl (C=O) groups excluding carboxylic acids is 1. The molecule has 1 aromatic carbocycles. The van der Waals surface area contributed by atoms with Crippen molar-refractivity contribution >= 4 is 17.5 Å². The normalized spacial score (nSPS) is 30.1. The molecule has 1 aromatic rings. The summed E-state index contributed by atoms with van der Waals surface area (Å²) in [5, 5.41) is 1.49. The van der Waals surface area contributed by atoms with E-state index < -0.39 is 0 Å². The summed E-state index contributed by atoms with van der Waals surface area (Å²) in [7, 11) is 0. The molecular weight excluding hydrogens is 252 g/mol. The van der Waals surface area contributed by atoms with Gasteiger partial charge in [0, 0.05) is 22.0 Å². The van der Waals surface area contributed by atoms with Gasteiger partial charge in [-0.15, -0.1) is 0 Å². The lowest BCUT2D eigenvalue weighted by atomic mass is 9.84. The van der Waals surface area contributed by atoms with Crippen molar-refractivity contribution in [1.82, 2.24) is 0 Å². The number of benzene rings is 1. The first-order chi connectivity index (χ1) is 9.26. The third-order valence-electron chi connectivity index (χ3n) is 4.55. The van der Waals surface area contributed by atoms with Crippen LogP contribution >= 0.6 is 11.8 Å². The summed E-state index contributed by atoms with van der Waals surface area (Å²) in [5.74, 6) is 0.670. The molecule has 2 aliphatic rings. The number of thioether (sulfide) groups is 1. The third-order valence-corrected chi connectivity index (χ3v) is 6.18. The van der Waals surface area contributed by atoms with Gasteiger partial charge in [-0.25, -0.2) is 0 Å². The van der Waals surface area contributed by atoms with Gasteiger partial charge in [-0.1, -0.05) is 37.6 Å². The van der Waals surface area contributed by atoms with Gasteiger partial charge in [-0.05, 0) is 37.7 Å². The first kappa shape index (κ1) is 13.2. The summed E-state index contributed by atoms with van der Waals surface area (Å²) < 4.78 is 0. The van der Waals surface area contributed by atoms with E-state index in [0.29, 0.717) is 5.78 Å². The number of rotatable bonds is 3. The highest BCUT2D eigenvalue weighted by Gasteiger charge is 2.35. The van der Waals surface area contributed by atoms with Gasteiger partial charge in [-0.3, -0.25) is 4.79 Å². The summed E-state index contributed by atoms with van der Waals surface area (Å²) >= 11 is 2.14. The number of fused-ring (bicyclic) bond motifs is 2. The van der Waals surface area contributed by atoms with Gasteiger partial charge in [0.05, 0.1) is 0 Å². The van der Waals surface area contributed by atoms with Crippen molar-refractivity contribution in [3.05, 3.63) is 35.4 Å². The molecule has 2 bridgehead atoms. The molecule has 2 heteroatoms. The van der Waals surface area contributed by atoms with Crippen LogP contribution in [0.4, 0.5) is 0 Å². The minimum Gasteiger partial charge on any atom is -0.294 e. The number of hydrogen-bond donors (Lipinski definition) is 0. The number of carbonyl (C=O) groups is 1. The summed E-state index contributed by atoms with van der Waals surface area (Å²) in [6.45, 7) is 2.15. The van der Waals surface area contributed by atoms with E-state index in [4.69, 9.17) is 0 Å². The predicted octanol–water partition coefficient (Wildman–Crippen LogP) is 4.50. The van der Waals surface area contributed by atoms with E-state index in [2.05, 4.69) is 30.8 Å². The van der Waals surface area contributed by atoms with Crippen molar-refractivity contribution < 1.29 is 4.79 Å². The summed E-state index contributed by atoms with van der Waals surface area (Å²) in [5.41, 5.74) is 2.24. The fourth-order valence-corrected chi connectivity index (χ4v) is 5.25. The Balaban J connectivity index is 1.72. The molecule has 2 saturated heterocycles. The van der Waals surface area contributed by atoms with E-state index in [0.717, 1.165) is 35.3 Å². The lowest BCUT2D eigenvalue weighted by molar-refractivity contribution is 0.0896. The van der Waals surface area contributed by atoms with Crippen LogP contribution in [0.25, 0.3) is 0 Å². The molecule has 2 aliphatic heterocycles. The van der Waals surface area contributed by atoms with Gasteiger partial charge in [0.15, 0.2) is 5.78 Å². The fourth-order valence-electron chi connectivity index (χ4n) is 3.41. The largest absolute Gasteiger partial charge is 0.294 e. The zero-order valence-corrected chi connectivity index (χ0v) is 12.4. The van der Waals surface area contributed by atoms with Crippen molar-refractivity contribution in [1.29, 1.82) is 0 Å². The highest BCUT2D eigenvalue weighted by atomic mass is 32.2. The SMILES string of the molecule is CCc1ccc(C(=O)C2CC3CCCC(C2)S3)cc1. The molecular formula is C17H22OS. The predicted molar refractivity (Wildman–Crippen MR) is 81.9 cm³/mol. The highest BCUT2D eigenvalue weighted by molar-refractivity contribution is 8.00. The lowest BCUT2D eigenvalue weighted by Gasteiger charge is -2.37. The van der Waals surface area contributed by atoms with Gasteiger partial charge in [0.25, 0.3) is 0 Å². The standard InChI is InChI=1S/C17H22OS/c1-2-12-6-8-13(9-7-12)17(18)14-10-15-4-3-5-16(11-14)19-15/h6-9,14-16H,2-5,10-11H2,1H3. The van der Waals surface area contributed by atoms with Crippen LogP contribution < -0.4 is 0 Å². The quantitative estimate of drug-likeness (QED) is 0.755. The lowest BCUT2D eigenvalue weighted by Crippen LogP contribution is -2.32. The molecule has 0 N–H and O–H groups in total. The van der Waals surface area contributed by atoms with Crippen LogP contribution in [-0.4, -0.2) is 16.3 Å². The molecule has 2 fully saturated rings. The number of ketones is 1. The maximum absolute atomic E-state index is 12.6. The van der Waals surface area contributed by atoms with Crippen LogP contribution in [0.15, 0.2) is 24.3 Å². The van der Waals surface area contributed by atoms with E-state index in [1.54, 1.807) is 0 Å². The Hall–Kier alpha value is -0.760. The Bertz CT molecular complexity index is 439. The van der Waals surface area contributed by atoms with Crippen LogP contribution in [0, 0.1) is 5.92 Å². The molecule has 0 amide bonds. The van der Waals surface area contributed by atoms with Crippen molar-refractivity contribution in [2.45, 2.75) is 55.9 Å².